The van der Waals surface area contributed by atoms with Crippen LogP contribution in [0.4, 0.5) is 30.2 Å². The van der Waals surface area contributed by atoms with E-state index < -0.39 is 23.6 Å². The molecule has 0 unspecified atom stereocenters. The number of carboxylic acid groups (broad SMARTS) is 1. The second-order valence-corrected chi connectivity index (χ2v) is 9.10. The Morgan fingerprint density at radius 1 is 0.905 bits per heavy atom. The Bertz CT molecular complexity index is 1730. The molecule has 0 atom stereocenters. The Labute approximate surface area is 237 Å². The fourth-order valence-corrected chi connectivity index (χ4v) is 4.51. The number of rotatable bonds is 7. The molecule has 0 fully saturated rings. The van der Waals surface area contributed by atoms with Crippen LogP contribution < -0.4 is 19.8 Å². The molecule has 12 heteroatoms. The SMILES string of the molecule is COc1cc(OC)cc(N2C(=O)/C(=N\Nc3cccc(-c4cccc(C(=O)O)c4)c3O)c3ccc(C(F)(F)F)cc32)c1. The van der Waals surface area contributed by atoms with Gasteiger partial charge in [0.05, 0.1) is 42.4 Å². The zero-order chi connectivity index (χ0) is 30.2. The van der Waals surface area contributed by atoms with E-state index in [0.717, 1.165) is 23.1 Å². The summed E-state index contributed by atoms with van der Waals surface area (Å²) in [6.45, 7) is 0. The number of phenolic OH excluding ortho intramolecular Hbond substituents is 1. The number of phenols is 1. The summed E-state index contributed by atoms with van der Waals surface area (Å²) in [4.78, 5) is 26.2. The Balaban J connectivity index is 1.58. The highest BCUT2D eigenvalue weighted by Crippen LogP contribution is 2.42. The van der Waals surface area contributed by atoms with E-state index in [1.807, 2.05) is 0 Å². The molecule has 1 amide bonds. The molecule has 42 heavy (non-hydrogen) atoms. The van der Waals surface area contributed by atoms with Gasteiger partial charge in [-0.1, -0.05) is 24.3 Å². The number of anilines is 3. The predicted octanol–water partition coefficient (Wildman–Crippen LogP) is 6.29. The molecule has 9 nitrogen and oxygen atoms in total. The van der Waals surface area contributed by atoms with Crippen LogP contribution in [0.1, 0.15) is 21.5 Å². The number of nitrogens with one attached hydrogen (secondary N) is 1. The van der Waals surface area contributed by atoms with Crippen molar-refractivity contribution in [3.8, 4) is 28.4 Å². The molecule has 5 rings (SSSR count). The number of benzene rings is 4. The van der Waals surface area contributed by atoms with Crippen molar-refractivity contribution in [2.45, 2.75) is 6.18 Å². The normalized spacial score (nSPS) is 13.7. The van der Waals surface area contributed by atoms with Crippen molar-refractivity contribution < 1.29 is 42.4 Å². The fourth-order valence-electron chi connectivity index (χ4n) is 4.51. The molecular weight excluding hydrogens is 555 g/mol. The summed E-state index contributed by atoms with van der Waals surface area (Å²) in [6, 6.07) is 17.9. The molecule has 214 valence electrons. The van der Waals surface area contributed by atoms with Gasteiger partial charge in [0, 0.05) is 29.3 Å². The summed E-state index contributed by atoms with van der Waals surface area (Å²) in [5.41, 5.74) is 2.51. The zero-order valence-electron chi connectivity index (χ0n) is 22.1. The van der Waals surface area contributed by atoms with E-state index in [9.17, 15) is 33.0 Å². The van der Waals surface area contributed by atoms with Crippen LogP contribution in [-0.4, -0.2) is 42.0 Å². The number of amides is 1. The number of para-hydroxylation sites is 1. The number of halogens is 3. The van der Waals surface area contributed by atoms with Crippen LogP contribution in [0, 0.1) is 0 Å². The monoisotopic (exact) mass is 577 g/mol. The molecular formula is C30H22F3N3O6. The molecule has 1 aliphatic heterocycles. The fraction of sp³-hybridized carbons (Fsp3) is 0.100. The lowest BCUT2D eigenvalue weighted by Crippen LogP contribution is -2.26. The third kappa shape index (κ3) is 5.17. The highest BCUT2D eigenvalue weighted by molar-refractivity contribution is 6.55. The number of nitrogens with zero attached hydrogens (tertiary/aromatic N) is 2. The van der Waals surface area contributed by atoms with Crippen LogP contribution in [0.15, 0.2) is 84.0 Å². The highest BCUT2D eigenvalue weighted by atomic mass is 19.4. The number of methoxy groups -OCH3 is 2. The van der Waals surface area contributed by atoms with Crippen molar-refractivity contribution in [1.29, 1.82) is 0 Å². The average molecular weight is 578 g/mol. The third-order valence-electron chi connectivity index (χ3n) is 6.57. The lowest BCUT2D eigenvalue weighted by atomic mass is 10.0. The number of hydrazone groups is 1. The topological polar surface area (TPSA) is 121 Å². The van der Waals surface area contributed by atoms with E-state index in [2.05, 4.69) is 10.5 Å². The lowest BCUT2D eigenvalue weighted by molar-refractivity contribution is -0.137. The summed E-state index contributed by atoms with van der Waals surface area (Å²) >= 11 is 0. The quantitative estimate of drug-likeness (QED) is 0.174. The van der Waals surface area contributed by atoms with E-state index in [-0.39, 0.29) is 39.7 Å². The molecule has 0 spiro atoms. The van der Waals surface area contributed by atoms with Gasteiger partial charge in [0.1, 0.15) is 17.2 Å². The Kier molecular flexibility index (Phi) is 7.21. The Morgan fingerprint density at radius 3 is 2.24 bits per heavy atom. The number of carbonyl (C=O) groups is 2. The number of carboxylic acids is 1. The molecule has 1 aliphatic rings. The molecule has 0 radical (unpaired) electrons. The summed E-state index contributed by atoms with van der Waals surface area (Å²) in [7, 11) is 2.80. The highest BCUT2D eigenvalue weighted by Gasteiger charge is 2.39. The minimum absolute atomic E-state index is 0.0196. The predicted molar refractivity (Wildman–Crippen MR) is 149 cm³/mol. The number of fused-ring (bicyclic) bond motifs is 1. The van der Waals surface area contributed by atoms with Crippen molar-refractivity contribution >= 4 is 34.7 Å². The number of carbonyl (C=O) groups excluding carboxylic acids is 1. The van der Waals surface area contributed by atoms with Gasteiger partial charge < -0.3 is 19.7 Å². The molecule has 3 N–H and O–H groups in total. The van der Waals surface area contributed by atoms with Crippen LogP contribution in [0.3, 0.4) is 0 Å². The minimum atomic E-state index is -4.67. The maximum absolute atomic E-state index is 13.7. The van der Waals surface area contributed by atoms with E-state index in [1.54, 1.807) is 24.3 Å². The standard InChI is InChI=1S/C30H22F3N3O6/c1-41-20-13-19(14-21(15-20)42-2)36-25-12-18(30(31,32)33)9-10-23(25)26(28(36)38)35-34-24-8-4-7-22(27(24)37)16-5-3-6-17(11-16)29(39)40/h3-15,34,37H,1-2H3,(H,39,40)/b35-26-. The van der Waals surface area contributed by atoms with Gasteiger partial charge in [0.25, 0.3) is 5.91 Å². The van der Waals surface area contributed by atoms with Crippen molar-refractivity contribution in [1.82, 2.24) is 0 Å². The molecule has 0 aromatic heterocycles. The maximum Gasteiger partial charge on any atom is 0.416 e. The average Bonchev–Trinajstić information content (AvgIpc) is 3.26. The van der Waals surface area contributed by atoms with Gasteiger partial charge in [-0.2, -0.15) is 18.3 Å². The van der Waals surface area contributed by atoms with Crippen molar-refractivity contribution in [3.05, 3.63) is 95.6 Å². The largest absolute Gasteiger partial charge is 0.505 e. The van der Waals surface area contributed by atoms with Crippen LogP contribution in [0.2, 0.25) is 0 Å². The van der Waals surface area contributed by atoms with Crippen LogP contribution >= 0.6 is 0 Å². The van der Waals surface area contributed by atoms with Gasteiger partial charge in [-0.15, -0.1) is 0 Å². The van der Waals surface area contributed by atoms with E-state index in [4.69, 9.17) is 9.47 Å². The zero-order valence-corrected chi connectivity index (χ0v) is 22.1. The first-order valence-electron chi connectivity index (χ1n) is 12.3. The number of alkyl halides is 3. The molecule has 0 saturated heterocycles. The van der Waals surface area contributed by atoms with Gasteiger partial charge in [0.15, 0.2) is 5.71 Å². The number of hydrogen-bond acceptors (Lipinski definition) is 7. The minimum Gasteiger partial charge on any atom is -0.505 e. The Hall–Kier alpha value is -5.52. The van der Waals surface area contributed by atoms with Gasteiger partial charge in [-0.3, -0.25) is 15.1 Å². The number of aromatic hydroxyl groups is 1. The van der Waals surface area contributed by atoms with Crippen molar-refractivity contribution in [2.24, 2.45) is 5.10 Å². The van der Waals surface area contributed by atoms with Gasteiger partial charge in [-0.25, -0.2) is 4.79 Å². The van der Waals surface area contributed by atoms with E-state index in [1.165, 1.54) is 50.6 Å². The second kappa shape index (κ2) is 10.8. The first kappa shape index (κ1) is 28.0. The smallest absolute Gasteiger partial charge is 0.416 e. The third-order valence-corrected chi connectivity index (χ3v) is 6.57. The molecule has 4 aromatic carbocycles. The van der Waals surface area contributed by atoms with Crippen molar-refractivity contribution in [2.75, 3.05) is 24.5 Å². The first-order chi connectivity index (χ1) is 20.0. The number of ether oxygens (including phenoxy) is 2. The van der Waals surface area contributed by atoms with Gasteiger partial charge in [0.2, 0.25) is 0 Å². The number of aromatic carboxylic acids is 1. The molecule has 1 heterocycles. The first-order valence-corrected chi connectivity index (χ1v) is 12.3. The molecule has 0 bridgehead atoms. The number of hydrogen-bond donors (Lipinski definition) is 3. The van der Waals surface area contributed by atoms with Crippen LogP contribution in [0.5, 0.6) is 17.2 Å². The summed E-state index contributed by atoms with van der Waals surface area (Å²) in [5.74, 6) is -1.54. The van der Waals surface area contributed by atoms with E-state index >= 15 is 0 Å². The second-order valence-electron chi connectivity index (χ2n) is 9.10. The van der Waals surface area contributed by atoms with Gasteiger partial charge in [-0.05, 0) is 42.0 Å². The maximum atomic E-state index is 13.7. The summed E-state index contributed by atoms with van der Waals surface area (Å²) in [5, 5.41) is 24.4. The van der Waals surface area contributed by atoms with Crippen LogP contribution in [0.25, 0.3) is 11.1 Å². The lowest BCUT2D eigenvalue weighted by Gasteiger charge is -2.19. The van der Waals surface area contributed by atoms with E-state index in [0.29, 0.717) is 22.6 Å². The Morgan fingerprint density at radius 2 is 1.60 bits per heavy atom. The molecule has 0 aliphatic carbocycles. The molecule has 4 aromatic rings. The van der Waals surface area contributed by atoms with Crippen LogP contribution in [-0.2, 0) is 11.0 Å². The van der Waals surface area contributed by atoms with Gasteiger partial charge >= 0.3 is 12.1 Å². The molecule has 0 saturated carbocycles. The summed E-state index contributed by atoms with van der Waals surface area (Å²) < 4.78 is 51.4. The summed E-state index contributed by atoms with van der Waals surface area (Å²) in [6.07, 6.45) is -4.67. The van der Waals surface area contributed by atoms with Crippen molar-refractivity contribution in [3.63, 3.8) is 0 Å².